The fourth-order valence-corrected chi connectivity index (χ4v) is 11.7. The summed E-state index contributed by atoms with van der Waals surface area (Å²) in [4.78, 5) is 26.3. The number of rotatable bonds is 4. The molecule has 1 aromatic rings. The van der Waals surface area contributed by atoms with E-state index in [9.17, 15) is 14.7 Å². The number of benzene rings is 1. The Morgan fingerprint density at radius 1 is 0.881 bits per heavy atom. The lowest BCUT2D eigenvalue weighted by atomic mass is 9.35. The van der Waals surface area contributed by atoms with Crippen molar-refractivity contribution in [1.29, 1.82) is 0 Å². The van der Waals surface area contributed by atoms with Gasteiger partial charge in [-0.3, -0.25) is 0 Å². The van der Waals surface area contributed by atoms with Crippen LogP contribution in [0.5, 0.6) is 0 Å². The molecule has 0 spiro atoms. The zero-order valence-corrected chi connectivity index (χ0v) is 26.9. The van der Waals surface area contributed by atoms with Crippen LogP contribution in [0.25, 0.3) is 0 Å². The van der Waals surface area contributed by atoms with E-state index in [-0.39, 0.29) is 45.8 Å². The predicted molar refractivity (Wildman–Crippen MR) is 164 cm³/mol. The summed E-state index contributed by atoms with van der Waals surface area (Å²) in [5, 5.41) is 11.9. The summed E-state index contributed by atoms with van der Waals surface area (Å²) in [5.74, 6) is 0.695. The number of hydrogen-bond acceptors (Lipinski definition) is 5. The Morgan fingerprint density at radius 2 is 1.57 bits per heavy atom. The third-order valence-corrected chi connectivity index (χ3v) is 13.9. The third-order valence-electron chi connectivity index (χ3n) is 13.9. The second-order valence-corrected chi connectivity index (χ2v) is 16.2. The Balaban J connectivity index is 1.24. The van der Waals surface area contributed by atoms with Crippen molar-refractivity contribution < 1.29 is 24.2 Å². The van der Waals surface area contributed by atoms with E-state index in [0.717, 1.165) is 56.9 Å². The zero-order valence-electron chi connectivity index (χ0n) is 26.9. The van der Waals surface area contributed by atoms with Crippen LogP contribution in [0.2, 0.25) is 0 Å². The van der Waals surface area contributed by atoms with E-state index in [0.29, 0.717) is 29.7 Å². The maximum Gasteiger partial charge on any atom is 0.339 e. The van der Waals surface area contributed by atoms with Crippen LogP contribution in [-0.2, 0) is 14.3 Å². The number of ether oxygens (including phenoxy) is 2. The van der Waals surface area contributed by atoms with Gasteiger partial charge in [0, 0.05) is 17.8 Å². The van der Waals surface area contributed by atoms with Crippen molar-refractivity contribution in [3.8, 4) is 0 Å². The van der Waals surface area contributed by atoms with Gasteiger partial charge in [-0.2, -0.15) is 0 Å². The smallest absolute Gasteiger partial charge is 0.339 e. The molecule has 6 rings (SSSR count). The minimum absolute atomic E-state index is 0.0431. The van der Waals surface area contributed by atoms with Gasteiger partial charge in [-0.05, 0) is 117 Å². The second kappa shape index (κ2) is 9.94. The Kier molecular flexibility index (Phi) is 7.08. The van der Waals surface area contributed by atoms with Crippen LogP contribution in [0.1, 0.15) is 117 Å². The van der Waals surface area contributed by atoms with Gasteiger partial charge in [-0.25, -0.2) is 9.59 Å². The molecule has 5 heteroatoms. The summed E-state index contributed by atoms with van der Waals surface area (Å²) in [7, 11) is 0. The molecule has 4 aliphatic carbocycles. The number of fused-ring (bicyclic) bond motifs is 5. The molecule has 5 fully saturated rings. The second-order valence-electron chi connectivity index (χ2n) is 16.2. The van der Waals surface area contributed by atoms with E-state index in [2.05, 4.69) is 34.6 Å². The van der Waals surface area contributed by atoms with Crippen molar-refractivity contribution in [3.05, 3.63) is 47.5 Å². The minimum Gasteiger partial charge on any atom is -0.458 e. The first-order valence-electron chi connectivity index (χ1n) is 16.5. The maximum atomic E-state index is 13.2. The minimum atomic E-state index is -1.38. The molecular formula is C37H52O5. The van der Waals surface area contributed by atoms with Crippen LogP contribution in [-0.4, -0.2) is 34.9 Å². The van der Waals surface area contributed by atoms with Crippen molar-refractivity contribution in [1.82, 2.24) is 0 Å². The molecule has 0 amide bonds. The summed E-state index contributed by atoms with van der Waals surface area (Å²) >= 11 is 0. The van der Waals surface area contributed by atoms with Gasteiger partial charge in [0.2, 0.25) is 0 Å². The first-order chi connectivity index (χ1) is 19.7. The highest BCUT2D eigenvalue weighted by molar-refractivity contribution is 5.89. The van der Waals surface area contributed by atoms with E-state index < -0.39 is 11.6 Å². The molecule has 1 aromatic carbocycles. The number of carbonyl (C=O) groups is 2. The zero-order chi connectivity index (χ0) is 30.3. The van der Waals surface area contributed by atoms with Gasteiger partial charge in [0.1, 0.15) is 12.2 Å². The highest BCUT2D eigenvalue weighted by Gasteiger charge is 2.71. The standard InChI is InChI=1S/C37H52O5/c1-23(2)21-25-22-37(40,32(39)41-25)27-15-19-35(6)26(27)13-14-29-34(5)18-17-30(42-31(38)24-11-9-8-10-12-24)33(3,4)28(34)16-20-36(29,35)7/h8-12,21,25-30,40H,13-20,22H2,1-7H3/t25-,26+,27-,28-,29+,30-,34-,35+,36+,37?/m0/s1. The van der Waals surface area contributed by atoms with E-state index in [1.165, 1.54) is 0 Å². The number of allylic oxidation sites excluding steroid dienone is 1. The summed E-state index contributed by atoms with van der Waals surface area (Å²) in [6.07, 6.45) is 10.3. The van der Waals surface area contributed by atoms with Crippen LogP contribution >= 0.6 is 0 Å². The normalized spacial score (nSPS) is 45.7. The molecule has 42 heavy (non-hydrogen) atoms. The van der Waals surface area contributed by atoms with Gasteiger partial charge in [0.15, 0.2) is 5.60 Å². The van der Waals surface area contributed by atoms with Crippen molar-refractivity contribution in [2.45, 2.75) is 124 Å². The first kappa shape index (κ1) is 29.9. The largest absolute Gasteiger partial charge is 0.458 e. The summed E-state index contributed by atoms with van der Waals surface area (Å²) < 4.78 is 12.0. The average molecular weight is 577 g/mol. The fraction of sp³-hybridized carbons (Fsp3) is 0.730. The van der Waals surface area contributed by atoms with Crippen LogP contribution in [0.3, 0.4) is 0 Å². The molecule has 0 radical (unpaired) electrons. The summed E-state index contributed by atoms with van der Waals surface area (Å²) in [6.45, 7) is 16.3. The Hall–Kier alpha value is -2.14. The van der Waals surface area contributed by atoms with Gasteiger partial charge >= 0.3 is 11.9 Å². The van der Waals surface area contributed by atoms with Crippen molar-refractivity contribution in [2.24, 2.45) is 45.3 Å². The van der Waals surface area contributed by atoms with Crippen LogP contribution in [0.4, 0.5) is 0 Å². The molecule has 5 nitrogen and oxygen atoms in total. The topological polar surface area (TPSA) is 72.8 Å². The molecule has 1 unspecified atom stereocenters. The Bertz CT molecular complexity index is 1260. The highest BCUT2D eigenvalue weighted by Crippen LogP contribution is 2.76. The van der Waals surface area contributed by atoms with Crippen LogP contribution < -0.4 is 0 Å². The molecule has 0 bridgehead atoms. The molecular weight excluding hydrogens is 524 g/mol. The lowest BCUT2D eigenvalue weighted by Crippen LogP contribution is -2.64. The number of aliphatic hydroxyl groups is 1. The van der Waals surface area contributed by atoms with Crippen molar-refractivity contribution >= 4 is 11.9 Å². The first-order valence-corrected chi connectivity index (χ1v) is 16.5. The monoisotopic (exact) mass is 576 g/mol. The fourth-order valence-electron chi connectivity index (χ4n) is 11.7. The number of hydrogen-bond donors (Lipinski definition) is 1. The molecule has 230 valence electrons. The molecule has 10 atom stereocenters. The SMILES string of the molecule is CC(C)=C[C@H]1CC(O)([C@H]2CC[C@]3(C)[C@@H]2CC[C@@H]2[C@@]4(C)CC[C@H](OC(=O)c5ccccc5)C(C)(C)[C@@H]4CC[C@]23C)C(=O)O1. The number of carbonyl (C=O) groups excluding carboxylic acids is 2. The number of cyclic esters (lactones) is 1. The third kappa shape index (κ3) is 4.19. The lowest BCUT2D eigenvalue weighted by molar-refractivity contribution is -0.225. The van der Waals surface area contributed by atoms with E-state index in [4.69, 9.17) is 9.47 Å². The maximum absolute atomic E-state index is 13.2. The molecule has 1 heterocycles. The Labute approximate surface area is 252 Å². The van der Waals surface area contributed by atoms with E-state index in [1.807, 2.05) is 50.3 Å². The van der Waals surface area contributed by atoms with Gasteiger partial charge in [-0.1, -0.05) is 58.4 Å². The predicted octanol–water partition coefficient (Wildman–Crippen LogP) is 7.91. The quantitative estimate of drug-likeness (QED) is 0.291. The van der Waals surface area contributed by atoms with Gasteiger partial charge in [-0.15, -0.1) is 0 Å². The van der Waals surface area contributed by atoms with Crippen LogP contribution in [0, 0.1) is 45.3 Å². The molecule has 1 aliphatic heterocycles. The molecule has 5 aliphatic rings. The molecule has 1 saturated heterocycles. The number of esters is 2. The van der Waals surface area contributed by atoms with E-state index >= 15 is 0 Å². The van der Waals surface area contributed by atoms with Gasteiger partial charge < -0.3 is 14.6 Å². The lowest BCUT2D eigenvalue weighted by Gasteiger charge is -2.70. The molecule has 4 saturated carbocycles. The summed E-state index contributed by atoms with van der Waals surface area (Å²) in [6, 6.07) is 9.39. The van der Waals surface area contributed by atoms with Gasteiger partial charge in [0.25, 0.3) is 0 Å². The van der Waals surface area contributed by atoms with Crippen LogP contribution in [0.15, 0.2) is 42.0 Å². The average Bonchev–Trinajstić information content (AvgIpc) is 3.42. The molecule has 1 N–H and O–H groups in total. The highest BCUT2D eigenvalue weighted by atomic mass is 16.6. The van der Waals surface area contributed by atoms with E-state index in [1.54, 1.807) is 0 Å². The van der Waals surface area contributed by atoms with Gasteiger partial charge in [0.05, 0.1) is 5.56 Å². The summed E-state index contributed by atoms with van der Waals surface area (Å²) in [5.41, 5.74) is 0.607. The van der Waals surface area contributed by atoms with Crippen molar-refractivity contribution in [3.63, 3.8) is 0 Å². The Morgan fingerprint density at radius 3 is 2.26 bits per heavy atom. The van der Waals surface area contributed by atoms with Crippen molar-refractivity contribution in [2.75, 3.05) is 0 Å². The molecule has 0 aromatic heterocycles.